The lowest BCUT2D eigenvalue weighted by molar-refractivity contribution is -0.141. The van der Waals surface area contributed by atoms with Gasteiger partial charge in [0.25, 0.3) is 0 Å². The Bertz CT molecular complexity index is 1190. The van der Waals surface area contributed by atoms with Crippen molar-refractivity contribution in [2.24, 2.45) is 0 Å². The molecule has 2 N–H and O–H groups in total. The first-order valence-corrected chi connectivity index (χ1v) is 16.5. The molecule has 2 aromatic rings. The SMILES string of the molecule is COC(=O)C[C@H](CN(C)CCCCc1ccc2c(n1)NCCC2)c1cncc(OCCOCCOCCOCCOCCC(=O)O)c1.Cl. The van der Waals surface area contributed by atoms with E-state index in [0.29, 0.717) is 65.1 Å². The lowest BCUT2D eigenvalue weighted by Gasteiger charge is -2.24. The van der Waals surface area contributed by atoms with Crippen LogP contribution in [0.1, 0.15) is 54.8 Å². The minimum Gasteiger partial charge on any atom is -0.490 e. The van der Waals surface area contributed by atoms with E-state index in [9.17, 15) is 9.59 Å². The maximum absolute atomic E-state index is 12.3. The van der Waals surface area contributed by atoms with Gasteiger partial charge in [-0.1, -0.05) is 6.07 Å². The second-order valence-electron chi connectivity index (χ2n) is 11.4. The number of pyridine rings is 2. The number of carbonyl (C=O) groups excluding carboxylic acids is 1. The topological polar surface area (TPSA) is 151 Å². The third-order valence-corrected chi connectivity index (χ3v) is 7.63. The van der Waals surface area contributed by atoms with Crippen LogP contribution >= 0.6 is 12.4 Å². The molecule has 1 aliphatic heterocycles. The van der Waals surface area contributed by atoms with Crippen LogP contribution in [0.2, 0.25) is 0 Å². The zero-order valence-corrected chi connectivity index (χ0v) is 29.2. The number of rotatable bonds is 26. The molecule has 14 heteroatoms. The number of esters is 1. The normalized spacial score (nSPS) is 12.9. The summed E-state index contributed by atoms with van der Waals surface area (Å²) in [5, 5.41) is 12.0. The fourth-order valence-electron chi connectivity index (χ4n) is 5.11. The number of ether oxygens (including phenoxy) is 6. The van der Waals surface area contributed by atoms with E-state index in [4.69, 9.17) is 38.5 Å². The van der Waals surface area contributed by atoms with Crippen LogP contribution in [0.25, 0.3) is 0 Å². The Hall–Kier alpha value is -3.07. The number of nitrogens with one attached hydrogen (secondary N) is 1. The molecule has 2 aromatic heterocycles. The number of carboxylic acid groups (broad SMARTS) is 1. The van der Waals surface area contributed by atoms with Crippen molar-refractivity contribution < 1.29 is 43.1 Å². The number of fused-ring (bicyclic) bond motifs is 1. The quantitative estimate of drug-likeness (QED) is 0.109. The molecule has 0 saturated carbocycles. The van der Waals surface area contributed by atoms with Crippen molar-refractivity contribution in [3.63, 3.8) is 0 Å². The van der Waals surface area contributed by atoms with Gasteiger partial charge in [-0.3, -0.25) is 14.6 Å². The van der Waals surface area contributed by atoms with Crippen LogP contribution in [0.3, 0.4) is 0 Å². The Labute approximate surface area is 290 Å². The fourth-order valence-corrected chi connectivity index (χ4v) is 5.11. The van der Waals surface area contributed by atoms with Crippen molar-refractivity contribution in [2.45, 2.75) is 50.9 Å². The summed E-state index contributed by atoms with van der Waals surface area (Å²) >= 11 is 0. The van der Waals surface area contributed by atoms with Crippen molar-refractivity contribution in [1.82, 2.24) is 14.9 Å². The van der Waals surface area contributed by atoms with Gasteiger partial charge in [-0.15, -0.1) is 12.4 Å². The highest BCUT2D eigenvalue weighted by atomic mass is 35.5. The summed E-state index contributed by atoms with van der Waals surface area (Å²) in [7, 11) is 3.49. The second kappa shape index (κ2) is 25.0. The first kappa shape index (κ1) is 41.1. The summed E-state index contributed by atoms with van der Waals surface area (Å²) in [5.41, 5.74) is 3.36. The van der Waals surface area contributed by atoms with E-state index in [1.807, 2.05) is 6.07 Å². The minimum absolute atomic E-state index is 0. The van der Waals surface area contributed by atoms with Gasteiger partial charge < -0.3 is 43.7 Å². The summed E-state index contributed by atoms with van der Waals surface area (Å²) < 4.78 is 32.4. The number of carbonyl (C=O) groups is 2. The molecule has 0 aromatic carbocycles. The van der Waals surface area contributed by atoms with Crippen LogP contribution in [0.15, 0.2) is 30.6 Å². The van der Waals surface area contributed by atoms with Crippen LogP contribution in [0.5, 0.6) is 5.75 Å². The standard InChI is InChI=1S/C34H52N4O9.ClH/c1-38(12-4-3-7-30-9-8-27-6-5-11-36-34(27)37-30)26-29(23-33(41)42-2)28-22-31(25-35-24-28)47-21-20-46-19-18-45-17-16-44-15-14-43-13-10-32(39)40;/h8-9,22,24-25,29H,3-7,10-21,23,26H2,1-2H3,(H,36,37)(H,39,40);1H/t29-;/m1./s1. The molecule has 0 aliphatic carbocycles. The average molecular weight is 697 g/mol. The maximum atomic E-state index is 12.3. The number of nitrogens with zero attached hydrogens (tertiary/aromatic N) is 3. The molecule has 13 nitrogen and oxygen atoms in total. The summed E-state index contributed by atoms with van der Waals surface area (Å²) in [5.74, 6) is 0.444. The Morgan fingerprint density at radius 1 is 0.958 bits per heavy atom. The molecule has 0 fully saturated rings. The molecule has 0 spiro atoms. The molecule has 3 heterocycles. The molecule has 1 atom stereocenters. The van der Waals surface area contributed by atoms with Crippen molar-refractivity contribution in [1.29, 1.82) is 0 Å². The summed E-state index contributed by atoms with van der Waals surface area (Å²) in [6.45, 7) is 5.97. The van der Waals surface area contributed by atoms with Crippen LogP contribution in [0.4, 0.5) is 5.82 Å². The number of methoxy groups -OCH3 is 1. The molecule has 270 valence electrons. The fraction of sp³-hybridized carbons (Fsp3) is 0.647. The average Bonchev–Trinajstić information content (AvgIpc) is 3.08. The number of aromatic nitrogens is 2. The number of anilines is 1. The molecule has 0 amide bonds. The molecule has 48 heavy (non-hydrogen) atoms. The van der Waals surface area contributed by atoms with Crippen LogP contribution < -0.4 is 10.1 Å². The van der Waals surface area contributed by atoms with E-state index < -0.39 is 5.97 Å². The Kier molecular flexibility index (Phi) is 21.4. The number of likely N-dealkylation sites (N-methyl/N-ethyl adjacent to an activating group) is 1. The van der Waals surface area contributed by atoms with Gasteiger partial charge in [0.05, 0.1) is 79.0 Å². The van der Waals surface area contributed by atoms with Crippen LogP contribution in [-0.2, 0) is 46.1 Å². The van der Waals surface area contributed by atoms with Crippen LogP contribution in [-0.4, -0.2) is 125 Å². The summed E-state index contributed by atoms with van der Waals surface area (Å²) in [4.78, 5) is 34.1. The molecular formula is C34H53ClN4O9. The smallest absolute Gasteiger partial charge is 0.306 e. The third-order valence-electron chi connectivity index (χ3n) is 7.63. The molecule has 0 bridgehead atoms. The van der Waals surface area contributed by atoms with Crippen molar-refractivity contribution >= 4 is 30.2 Å². The van der Waals surface area contributed by atoms with E-state index in [-0.39, 0.29) is 43.7 Å². The highest BCUT2D eigenvalue weighted by Gasteiger charge is 2.20. The van der Waals surface area contributed by atoms with Gasteiger partial charge in [-0.2, -0.15) is 0 Å². The molecule has 1 aliphatic rings. The molecule has 0 radical (unpaired) electrons. The van der Waals surface area contributed by atoms with Gasteiger partial charge in [-0.25, -0.2) is 4.98 Å². The van der Waals surface area contributed by atoms with Crippen LogP contribution in [0, 0.1) is 0 Å². The maximum Gasteiger partial charge on any atom is 0.306 e. The van der Waals surface area contributed by atoms with E-state index >= 15 is 0 Å². The number of aryl methyl sites for hydroxylation is 2. The van der Waals surface area contributed by atoms with Gasteiger partial charge >= 0.3 is 11.9 Å². The zero-order valence-electron chi connectivity index (χ0n) is 28.4. The first-order chi connectivity index (χ1) is 22.9. The Balaban J connectivity index is 0.00000800. The third kappa shape index (κ3) is 17.4. The lowest BCUT2D eigenvalue weighted by atomic mass is 9.96. The Morgan fingerprint density at radius 3 is 2.33 bits per heavy atom. The van der Waals surface area contributed by atoms with Gasteiger partial charge in [0.2, 0.25) is 0 Å². The molecule has 0 saturated heterocycles. The highest BCUT2D eigenvalue weighted by molar-refractivity contribution is 5.85. The number of hydrogen-bond donors (Lipinski definition) is 2. The van der Waals surface area contributed by atoms with Gasteiger partial charge in [0.15, 0.2) is 0 Å². The molecular weight excluding hydrogens is 644 g/mol. The van der Waals surface area contributed by atoms with Gasteiger partial charge in [0.1, 0.15) is 18.2 Å². The number of halogens is 1. The predicted octanol–water partition coefficient (Wildman–Crippen LogP) is 3.78. The van der Waals surface area contributed by atoms with Gasteiger partial charge in [0, 0.05) is 30.9 Å². The van der Waals surface area contributed by atoms with Gasteiger partial charge in [-0.05, 0) is 69.0 Å². The summed E-state index contributed by atoms with van der Waals surface area (Å²) in [6.07, 6.45) is 8.96. The predicted molar refractivity (Wildman–Crippen MR) is 183 cm³/mol. The monoisotopic (exact) mass is 696 g/mol. The minimum atomic E-state index is -0.880. The highest BCUT2D eigenvalue weighted by Crippen LogP contribution is 2.25. The zero-order chi connectivity index (χ0) is 33.5. The first-order valence-electron chi connectivity index (χ1n) is 16.5. The number of hydrogen-bond acceptors (Lipinski definition) is 12. The number of unbranched alkanes of at least 4 members (excludes halogenated alkanes) is 1. The number of carboxylic acids is 1. The largest absolute Gasteiger partial charge is 0.490 e. The van der Waals surface area contributed by atoms with Crippen molar-refractivity contribution in [3.05, 3.63) is 47.4 Å². The van der Waals surface area contributed by atoms with Crippen molar-refractivity contribution in [2.75, 3.05) is 98.6 Å². The lowest BCUT2D eigenvalue weighted by Crippen LogP contribution is -2.27. The second-order valence-corrected chi connectivity index (χ2v) is 11.4. The summed E-state index contributed by atoms with van der Waals surface area (Å²) in [6, 6.07) is 6.29. The van der Waals surface area contributed by atoms with E-state index in [1.165, 1.54) is 12.7 Å². The number of aliphatic carboxylic acids is 1. The van der Waals surface area contributed by atoms with E-state index in [1.54, 1.807) is 12.4 Å². The molecule has 3 rings (SSSR count). The Morgan fingerprint density at radius 2 is 1.65 bits per heavy atom. The van der Waals surface area contributed by atoms with E-state index in [2.05, 4.69) is 34.4 Å². The van der Waals surface area contributed by atoms with E-state index in [0.717, 1.165) is 62.3 Å². The molecule has 0 unspecified atom stereocenters. The van der Waals surface area contributed by atoms with Crippen molar-refractivity contribution in [3.8, 4) is 5.75 Å².